The molecule has 2 heterocycles. The average molecular weight is 431 g/mol. The zero-order valence-electron chi connectivity index (χ0n) is 18.0. The van der Waals surface area contributed by atoms with E-state index >= 15 is 0 Å². The lowest BCUT2D eigenvalue weighted by molar-refractivity contribution is 0.623. The van der Waals surface area contributed by atoms with Gasteiger partial charge in [-0.15, -0.1) is 5.10 Å². The van der Waals surface area contributed by atoms with E-state index in [9.17, 15) is 4.39 Å². The number of imidazole rings is 1. The first-order chi connectivity index (χ1) is 15.6. The number of hydrogen-bond acceptors (Lipinski definition) is 5. The predicted octanol–water partition coefficient (Wildman–Crippen LogP) is 5.00. The van der Waals surface area contributed by atoms with Crippen LogP contribution in [0.15, 0.2) is 66.9 Å². The smallest absolute Gasteiger partial charge is 0.154 e. The maximum atomic E-state index is 13.6. The Morgan fingerprint density at radius 3 is 2.69 bits per heavy atom. The van der Waals surface area contributed by atoms with Crippen molar-refractivity contribution in [2.24, 2.45) is 5.73 Å². The first kappa shape index (κ1) is 20.5. The molecule has 0 bridgehead atoms. The van der Waals surface area contributed by atoms with E-state index in [1.54, 1.807) is 6.07 Å². The van der Waals surface area contributed by atoms with E-state index in [0.29, 0.717) is 11.9 Å². The molecule has 5 rings (SSSR count). The molecule has 0 amide bonds. The normalized spacial score (nSPS) is 19.2. The quantitative estimate of drug-likeness (QED) is 0.401. The van der Waals surface area contributed by atoms with E-state index in [2.05, 4.69) is 39.9 Å². The van der Waals surface area contributed by atoms with Crippen LogP contribution in [-0.2, 0) is 0 Å². The monoisotopic (exact) mass is 430 g/mol. The van der Waals surface area contributed by atoms with Crippen LogP contribution in [-0.4, -0.2) is 26.7 Å². The molecule has 4 N–H and O–H groups in total. The molecule has 1 fully saturated rings. The summed E-state index contributed by atoms with van der Waals surface area (Å²) in [6, 6.07) is 19.2. The fourth-order valence-corrected chi connectivity index (χ4v) is 4.35. The van der Waals surface area contributed by atoms with Crippen molar-refractivity contribution in [3.8, 4) is 11.3 Å². The van der Waals surface area contributed by atoms with Crippen molar-refractivity contribution in [1.29, 1.82) is 0 Å². The molecule has 7 heteroatoms. The van der Waals surface area contributed by atoms with E-state index in [-0.39, 0.29) is 17.9 Å². The minimum atomic E-state index is -0.246. The SMILES string of the molecule is CC(Nc1ccc2ncc(-c3ccc(NC4CCCC4N)cc3)n2n1)c1cccc(F)c1. The van der Waals surface area contributed by atoms with Gasteiger partial charge in [-0.1, -0.05) is 24.3 Å². The molecule has 1 aliphatic carbocycles. The molecule has 0 saturated heterocycles. The van der Waals surface area contributed by atoms with Gasteiger partial charge in [-0.05, 0) is 68.1 Å². The summed E-state index contributed by atoms with van der Waals surface area (Å²) in [6.07, 6.45) is 5.21. The molecule has 1 saturated carbocycles. The summed E-state index contributed by atoms with van der Waals surface area (Å²) in [5.41, 5.74) is 10.8. The van der Waals surface area contributed by atoms with Crippen molar-refractivity contribution < 1.29 is 4.39 Å². The standard InChI is InChI=1S/C25H27FN6/c1-16(18-4-2-5-19(26)14-18)29-24-12-13-25-28-15-23(32(25)31-24)17-8-10-20(11-9-17)30-22-7-3-6-21(22)27/h2,4-5,8-16,21-22,30H,3,6-7,27H2,1H3,(H,29,31). The zero-order valence-corrected chi connectivity index (χ0v) is 18.0. The van der Waals surface area contributed by atoms with Crippen molar-refractivity contribution in [2.75, 3.05) is 10.6 Å². The van der Waals surface area contributed by atoms with Crippen molar-refractivity contribution in [3.05, 3.63) is 78.2 Å². The predicted molar refractivity (Wildman–Crippen MR) is 126 cm³/mol. The highest BCUT2D eigenvalue weighted by Gasteiger charge is 2.23. The van der Waals surface area contributed by atoms with Gasteiger partial charge in [-0.3, -0.25) is 0 Å². The maximum absolute atomic E-state index is 13.6. The third kappa shape index (κ3) is 4.16. The van der Waals surface area contributed by atoms with Gasteiger partial charge in [0.2, 0.25) is 0 Å². The number of nitrogens with two attached hydrogens (primary N) is 1. The lowest BCUT2D eigenvalue weighted by Crippen LogP contribution is -2.35. The molecule has 0 radical (unpaired) electrons. The molecule has 2 aromatic carbocycles. The molecule has 164 valence electrons. The van der Waals surface area contributed by atoms with Crippen molar-refractivity contribution in [1.82, 2.24) is 14.6 Å². The highest BCUT2D eigenvalue weighted by atomic mass is 19.1. The summed E-state index contributed by atoms with van der Waals surface area (Å²) in [5, 5.41) is 11.6. The van der Waals surface area contributed by atoms with E-state index < -0.39 is 0 Å². The molecule has 3 atom stereocenters. The van der Waals surface area contributed by atoms with Gasteiger partial charge >= 0.3 is 0 Å². The Balaban J connectivity index is 1.36. The minimum Gasteiger partial charge on any atom is -0.381 e. The third-order valence-electron chi connectivity index (χ3n) is 6.18. The minimum absolute atomic E-state index is 0.0880. The van der Waals surface area contributed by atoms with Crippen LogP contribution in [0.25, 0.3) is 16.9 Å². The summed E-state index contributed by atoms with van der Waals surface area (Å²) in [6.45, 7) is 1.98. The molecular formula is C25H27FN6. The summed E-state index contributed by atoms with van der Waals surface area (Å²) in [7, 11) is 0. The lowest BCUT2D eigenvalue weighted by atomic mass is 10.1. The van der Waals surface area contributed by atoms with Crippen LogP contribution < -0.4 is 16.4 Å². The molecule has 0 spiro atoms. The lowest BCUT2D eigenvalue weighted by Gasteiger charge is -2.18. The number of fused-ring (bicyclic) bond motifs is 1. The largest absolute Gasteiger partial charge is 0.381 e. The number of anilines is 2. The van der Waals surface area contributed by atoms with Crippen LogP contribution in [0.2, 0.25) is 0 Å². The van der Waals surface area contributed by atoms with Gasteiger partial charge in [0, 0.05) is 23.3 Å². The Morgan fingerprint density at radius 1 is 1.09 bits per heavy atom. The van der Waals surface area contributed by atoms with Crippen LogP contribution >= 0.6 is 0 Å². The molecule has 6 nitrogen and oxygen atoms in total. The van der Waals surface area contributed by atoms with Crippen LogP contribution in [0.1, 0.15) is 37.8 Å². The fourth-order valence-electron chi connectivity index (χ4n) is 4.35. The highest BCUT2D eigenvalue weighted by Crippen LogP contribution is 2.26. The molecule has 3 unspecified atom stereocenters. The second-order valence-electron chi connectivity index (χ2n) is 8.48. The first-order valence-electron chi connectivity index (χ1n) is 11.1. The summed E-state index contributed by atoms with van der Waals surface area (Å²) in [5.74, 6) is 0.450. The maximum Gasteiger partial charge on any atom is 0.154 e. The molecule has 1 aliphatic rings. The van der Waals surface area contributed by atoms with Crippen LogP contribution in [0.4, 0.5) is 15.9 Å². The van der Waals surface area contributed by atoms with E-state index in [0.717, 1.165) is 41.0 Å². The number of aromatic nitrogens is 3. The van der Waals surface area contributed by atoms with Gasteiger partial charge < -0.3 is 16.4 Å². The molecule has 2 aromatic heterocycles. The number of rotatable bonds is 6. The second kappa shape index (κ2) is 8.59. The number of halogens is 1. The Bertz CT molecular complexity index is 1220. The summed E-state index contributed by atoms with van der Waals surface area (Å²) in [4.78, 5) is 4.49. The summed E-state index contributed by atoms with van der Waals surface area (Å²) >= 11 is 0. The van der Waals surface area contributed by atoms with E-state index in [4.69, 9.17) is 10.8 Å². The van der Waals surface area contributed by atoms with E-state index in [1.165, 1.54) is 18.6 Å². The topological polar surface area (TPSA) is 80.3 Å². The van der Waals surface area contributed by atoms with Crippen molar-refractivity contribution in [2.45, 2.75) is 44.3 Å². The molecule has 32 heavy (non-hydrogen) atoms. The van der Waals surface area contributed by atoms with Crippen LogP contribution in [0.3, 0.4) is 0 Å². The number of benzene rings is 2. The molecular weight excluding hydrogens is 403 g/mol. The Morgan fingerprint density at radius 2 is 1.94 bits per heavy atom. The Labute approximate surface area is 186 Å². The van der Waals surface area contributed by atoms with Crippen LogP contribution in [0, 0.1) is 5.82 Å². The van der Waals surface area contributed by atoms with Gasteiger partial charge in [0.1, 0.15) is 11.6 Å². The summed E-state index contributed by atoms with van der Waals surface area (Å²) < 4.78 is 15.4. The van der Waals surface area contributed by atoms with Crippen molar-refractivity contribution in [3.63, 3.8) is 0 Å². The molecule has 0 aliphatic heterocycles. The average Bonchev–Trinajstić information content (AvgIpc) is 3.40. The fraction of sp³-hybridized carbons (Fsp3) is 0.280. The first-order valence-corrected chi connectivity index (χ1v) is 11.1. The Hall–Kier alpha value is -3.45. The van der Waals surface area contributed by atoms with Gasteiger partial charge in [0.05, 0.1) is 17.9 Å². The highest BCUT2D eigenvalue weighted by molar-refractivity contribution is 5.66. The third-order valence-corrected chi connectivity index (χ3v) is 6.18. The van der Waals surface area contributed by atoms with Crippen molar-refractivity contribution >= 4 is 17.2 Å². The Kier molecular flexibility index (Phi) is 5.49. The van der Waals surface area contributed by atoms with Gasteiger partial charge in [-0.25, -0.2) is 13.9 Å². The zero-order chi connectivity index (χ0) is 22.1. The number of nitrogens with zero attached hydrogens (tertiary/aromatic N) is 3. The molecule has 4 aromatic rings. The van der Waals surface area contributed by atoms with Gasteiger partial charge in [0.25, 0.3) is 0 Å². The number of hydrogen-bond donors (Lipinski definition) is 3. The van der Waals surface area contributed by atoms with E-state index in [1.807, 2.05) is 35.8 Å². The number of nitrogens with one attached hydrogen (secondary N) is 2. The second-order valence-corrected chi connectivity index (χ2v) is 8.48. The van der Waals surface area contributed by atoms with Gasteiger partial charge in [0.15, 0.2) is 5.65 Å². The van der Waals surface area contributed by atoms with Crippen LogP contribution in [0.5, 0.6) is 0 Å². The van der Waals surface area contributed by atoms with Gasteiger partial charge in [-0.2, -0.15) is 0 Å².